The van der Waals surface area contributed by atoms with E-state index in [4.69, 9.17) is 5.11 Å². The van der Waals surface area contributed by atoms with Gasteiger partial charge in [-0.3, -0.25) is 9.97 Å². The molecular formula is C18H15N3O2. The number of aromatic carboxylic acids is 1. The van der Waals surface area contributed by atoms with Crippen LogP contribution in [-0.2, 0) is 6.42 Å². The fourth-order valence-electron chi connectivity index (χ4n) is 2.23. The van der Waals surface area contributed by atoms with E-state index in [-0.39, 0.29) is 5.56 Å². The summed E-state index contributed by atoms with van der Waals surface area (Å²) in [6.07, 6.45) is 7.34. The molecule has 2 heterocycles. The lowest BCUT2D eigenvalue weighted by Crippen LogP contribution is -1.99. The van der Waals surface area contributed by atoms with E-state index in [9.17, 15) is 4.79 Å². The van der Waals surface area contributed by atoms with Crippen molar-refractivity contribution in [3.8, 4) is 0 Å². The SMILES string of the molecule is O=C(O)c1cncc(Nc2ccc(Cc3ccncc3)cc2)c1. The van der Waals surface area contributed by atoms with E-state index >= 15 is 0 Å². The molecule has 3 rings (SSSR count). The minimum Gasteiger partial charge on any atom is -0.478 e. The number of carboxylic acid groups (broad SMARTS) is 1. The fraction of sp³-hybridized carbons (Fsp3) is 0.0556. The normalized spacial score (nSPS) is 10.3. The largest absolute Gasteiger partial charge is 0.478 e. The van der Waals surface area contributed by atoms with Crippen LogP contribution >= 0.6 is 0 Å². The summed E-state index contributed by atoms with van der Waals surface area (Å²) < 4.78 is 0. The van der Waals surface area contributed by atoms with Crippen molar-refractivity contribution < 1.29 is 9.90 Å². The summed E-state index contributed by atoms with van der Waals surface area (Å²) in [4.78, 5) is 18.9. The van der Waals surface area contributed by atoms with Gasteiger partial charge in [0.2, 0.25) is 0 Å². The molecule has 0 saturated carbocycles. The van der Waals surface area contributed by atoms with Crippen molar-refractivity contribution in [2.75, 3.05) is 5.32 Å². The van der Waals surface area contributed by atoms with E-state index in [2.05, 4.69) is 15.3 Å². The van der Waals surface area contributed by atoms with Gasteiger partial charge in [0.25, 0.3) is 0 Å². The summed E-state index contributed by atoms with van der Waals surface area (Å²) in [6.45, 7) is 0. The summed E-state index contributed by atoms with van der Waals surface area (Å²) in [5, 5.41) is 12.1. The van der Waals surface area contributed by atoms with Crippen LogP contribution in [0.15, 0.2) is 67.3 Å². The zero-order valence-electron chi connectivity index (χ0n) is 12.3. The molecule has 114 valence electrons. The zero-order chi connectivity index (χ0) is 16.1. The molecule has 2 N–H and O–H groups in total. The van der Waals surface area contributed by atoms with E-state index in [0.717, 1.165) is 12.1 Å². The number of benzene rings is 1. The molecule has 0 aliphatic rings. The third-order valence-corrected chi connectivity index (χ3v) is 3.39. The second-order valence-electron chi connectivity index (χ2n) is 5.12. The summed E-state index contributed by atoms with van der Waals surface area (Å²) in [5.41, 5.74) is 4.09. The maximum absolute atomic E-state index is 11.0. The van der Waals surface area contributed by atoms with E-state index in [1.165, 1.54) is 17.3 Å². The Morgan fingerprint density at radius 3 is 2.30 bits per heavy atom. The molecule has 23 heavy (non-hydrogen) atoms. The van der Waals surface area contributed by atoms with E-state index in [1.807, 2.05) is 36.4 Å². The van der Waals surface area contributed by atoms with Crippen LogP contribution in [0.25, 0.3) is 0 Å². The van der Waals surface area contributed by atoms with Crippen LogP contribution in [-0.4, -0.2) is 21.0 Å². The summed E-state index contributed by atoms with van der Waals surface area (Å²) >= 11 is 0. The average molecular weight is 305 g/mol. The molecule has 0 atom stereocenters. The minimum atomic E-state index is -0.992. The third-order valence-electron chi connectivity index (χ3n) is 3.39. The Labute approximate surface area is 133 Å². The first-order valence-corrected chi connectivity index (χ1v) is 7.14. The lowest BCUT2D eigenvalue weighted by atomic mass is 10.1. The monoisotopic (exact) mass is 305 g/mol. The third kappa shape index (κ3) is 3.91. The Kier molecular flexibility index (Phi) is 4.29. The molecule has 0 spiro atoms. The highest BCUT2D eigenvalue weighted by Gasteiger charge is 2.04. The van der Waals surface area contributed by atoms with Crippen molar-refractivity contribution in [1.29, 1.82) is 0 Å². The van der Waals surface area contributed by atoms with Crippen molar-refractivity contribution in [1.82, 2.24) is 9.97 Å². The smallest absolute Gasteiger partial charge is 0.337 e. The predicted octanol–water partition coefficient (Wildman–Crippen LogP) is 3.51. The molecule has 2 aromatic heterocycles. The van der Waals surface area contributed by atoms with Gasteiger partial charge >= 0.3 is 5.97 Å². The molecule has 0 saturated heterocycles. The van der Waals surface area contributed by atoms with Crippen molar-refractivity contribution >= 4 is 17.3 Å². The summed E-state index contributed by atoms with van der Waals surface area (Å²) in [5.74, 6) is -0.992. The Hall–Kier alpha value is -3.21. The zero-order valence-corrected chi connectivity index (χ0v) is 12.3. The number of rotatable bonds is 5. The standard InChI is InChI=1S/C18H15N3O2/c22-18(23)15-10-17(12-20-11-15)21-16-3-1-13(2-4-16)9-14-5-7-19-8-6-14/h1-8,10-12,21H,9H2,(H,22,23). The number of nitrogens with one attached hydrogen (secondary N) is 1. The second kappa shape index (κ2) is 6.70. The van der Waals surface area contributed by atoms with E-state index < -0.39 is 5.97 Å². The van der Waals surface area contributed by atoms with Crippen LogP contribution in [0.5, 0.6) is 0 Å². The fourth-order valence-corrected chi connectivity index (χ4v) is 2.23. The first-order chi connectivity index (χ1) is 11.2. The molecule has 0 fully saturated rings. The predicted molar refractivity (Wildman–Crippen MR) is 88.0 cm³/mol. The second-order valence-corrected chi connectivity index (χ2v) is 5.12. The molecule has 0 aliphatic carbocycles. The van der Waals surface area contributed by atoms with Crippen LogP contribution in [0.2, 0.25) is 0 Å². The van der Waals surface area contributed by atoms with Crippen LogP contribution in [0, 0.1) is 0 Å². The number of hydrogen-bond acceptors (Lipinski definition) is 4. The van der Waals surface area contributed by atoms with Gasteiger partial charge in [0.1, 0.15) is 0 Å². The minimum absolute atomic E-state index is 0.157. The number of anilines is 2. The lowest BCUT2D eigenvalue weighted by Gasteiger charge is -2.08. The van der Waals surface area contributed by atoms with Gasteiger partial charge in [-0.05, 0) is 47.9 Å². The van der Waals surface area contributed by atoms with Gasteiger partial charge in [-0.2, -0.15) is 0 Å². The number of hydrogen-bond donors (Lipinski definition) is 2. The number of pyridine rings is 2. The van der Waals surface area contributed by atoms with Gasteiger partial charge in [0.05, 0.1) is 17.4 Å². The number of nitrogens with zero attached hydrogens (tertiary/aromatic N) is 2. The maximum Gasteiger partial charge on any atom is 0.337 e. The van der Waals surface area contributed by atoms with E-state index in [1.54, 1.807) is 24.7 Å². The Morgan fingerprint density at radius 1 is 0.913 bits per heavy atom. The molecule has 5 heteroatoms. The van der Waals surface area contributed by atoms with Crippen LogP contribution in [0.3, 0.4) is 0 Å². The van der Waals surface area contributed by atoms with Crippen molar-refractivity contribution in [3.05, 3.63) is 83.9 Å². The molecule has 5 nitrogen and oxygen atoms in total. The van der Waals surface area contributed by atoms with Crippen LogP contribution in [0.4, 0.5) is 11.4 Å². The first-order valence-electron chi connectivity index (χ1n) is 7.14. The quantitative estimate of drug-likeness (QED) is 0.754. The molecule has 0 amide bonds. The lowest BCUT2D eigenvalue weighted by molar-refractivity contribution is 0.0696. The Balaban J connectivity index is 1.70. The topological polar surface area (TPSA) is 75.1 Å². The highest BCUT2D eigenvalue weighted by Crippen LogP contribution is 2.18. The highest BCUT2D eigenvalue weighted by atomic mass is 16.4. The van der Waals surface area contributed by atoms with Crippen molar-refractivity contribution in [3.63, 3.8) is 0 Å². The highest BCUT2D eigenvalue weighted by molar-refractivity contribution is 5.88. The van der Waals surface area contributed by atoms with Crippen LogP contribution < -0.4 is 5.32 Å². The van der Waals surface area contributed by atoms with Gasteiger partial charge < -0.3 is 10.4 Å². The van der Waals surface area contributed by atoms with Gasteiger partial charge in [-0.15, -0.1) is 0 Å². The molecule has 0 radical (unpaired) electrons. The molecular weight excluding hydrogens is 290 g/mol. The van der Waals surface area contributed by atoms with Gasteiger partial charge in [-0.25, -0.2) is 4.79 Å². The molecule has 0 unspecified atom stereocenters. The molecule has 0 bridgehead atoms. The Morgan fingerprint density at radius 2 is 1.61 bits per heavy atom. The number of carbonyl (C=O) groups is 1. The Bertz CT molecular complexity index is 802. The van der Waals surface area contributed by atoms with Gasteiger partial charge in [0, 0.05) is 24.3 Å². The average Bonchev–Trinajstić information content (AvgIpc) is 2.58. The van der Waals surface area contributed by atoms with Gasteiger partial charge in [0.15, 0.2) is 0 Å². The van der Waals surface area contributed by atoms with Crippen molar-refractivity contribution in [2.45, 2.75) is 6.42 Å². The van der Waals surface area contributed by atoms with Crippen LogP contribution in [0.1, 0.15) is 21.5 Å². The van der Waals surface area contributed by atoms with Gasteiger partial charge in [-0.1, -0.05) is 12.1 Å². The summed E-state index contributed by atoms with van der Waals surface area (Å²) in [6, 6.07) is 13.5. The number of aromatic nitrogens is 2. The molecule has 1 aromatic carbocycles. The van der Waals surface area contributed by atoms with E-state index in [0.29, 0.717) is 5.69 Å². The number of carboxylic acids is 1. The molecule has 3 aromatic rings. The first kappa shape index (κ1) is 14.7. The summed E-state index contributed by atoms with van der Waals surface area (Å²) in [7, 11) is 0. The molecule has 0 aliphatic heterocycles. The maximum atomic E-state index is 11.0. The van der Waals surface area contributed by atoms with Crippen molar-refractivity contribution in [2.24, 2.45) is 0 Å².